The first-order valence-corrected chi connectivity index (χ1v) is 9.82. The number of rotatable bonds is 1. The quantitative estimate of drug-likeness (QED) is 0.768. The van der Waals surface area contributed by atoms with E-state index in [1.54, 1.807) is 7.11 Å². The number of carbonyl (C=O) groups excluding carboxylic acids is 1. The highest BCUT2D eigenvalue weighted by molar-refractivity contribution is 5.80. The van der Waals surface area contributed by atoms with Crippen LogP contribution in [-0.4, -0.2) is 55.3 Å². The summed E-state index contributed by atoms with van der Waals surface area (Å²) in [5.41, 5.74) is 2.11. The summed E-state index contributed by atoms with van der Waals surface area (Å²) in [4.78, 5) is 19.6. The van der Waals surface area contributed by atoms with E-state index in [1.807, 2.05) is 18.2 Å². The lowest BCUT2D eigenvalue weighted by Crippen LogP contribution is -2.52. The number of aliphatic imine (C=N–C) groups is 1. The van der Waals surface area contributed by atoms with Crippen LogP contribution < -0.4 is 0 Å². The summed E-state index contributed by atoms with van der Waals surface area (Å²) < 4.78 is 10.5. The minimum absolute atomic E-state index is 0.140. The van der Waals surface area contributed by atoms with Gasteiger partial charge in [0.2, 0.25) is 0 Å². The standard InChI is InChI=1S/C21H28N2O4/c1-26-19-9-10-23-12-13-7-8-18(24)20(21(25)27-2)15(13)11-17(23)14-5-3-4-6-16(14)22-19/h3-6,13,15,17-18,20,24H,7-12H2,1-2H3/t13-,15-,17-,18-,20+/m0/s1. The van der Waals surface area contributed by atoms with E-state index in [9.17, 15) is 9.90 Å². The van der Waals surface area contributed by atoms with E-state index in [4.69, 9.17) is 14.5 Å². The van der Waals surface area contributed by atoms with Crippen molar-refractivity contribution in [1.82, 2.24) is 4.90 Å². The molecule has 6 nitrogen and oxygen atoms in total. The number of aliphatic hydroxyl groups excluding tert-OH is 1. The van der Waals surface area contributed by atoms with Crippen LogP contribution in [0.1, 0.15) is 37.3 Å². The van der Waals surface area contributed by atoms with Crippen LogP contribution in [0, 0.1) is 17.8 Å². The number of methoxy groups -OCH3 is 2. The van der Waals surface area contributed by atoms with Gasteiger partial charge in [-0.25, -0.2) is 4.99 Å². The second-order valence-corrected chi connectivity index (χ2v) is 7.88. The van der Waals surface area contributed by atoms with Crippen molar-refractivity contribution < 1.29 is 19.4 Å². The Labute approximate surface area is 160 Å². The van der Waals surface area contributed by atoms with Crippen molar-refractivity contribution in [1.29, 1.82) is 0 Å². The number of fused-ring (bicyclic) bond motifs is 4. The average Bonchev–Trinajstić information content (AvgIpc) is 2.68. The molecule has 1 aliphatic carbocycles. The van der Waals surface area contributed by atoms with Crippen molar-refractivity contribution >= 4 is 17.6 Å². The molecule has 1 saturated heterocycles. The zero-order chi connectivity index (χ0) is 19.0. The molecule has 0 spiro atoms. The third kappa shape index (κ3) is 3.36. The van der Waals surface area contributed by atoms with Crippen molar-refractivity contribution in [3.8, 4) is 0 Å². The van der Waals surface area contributed by atoms with Crippen molar-refractivity contribution in [3.63, 3.8) is 0 Å². The molecule has 2 heterocycles. The number of ether oxygens (including phenoxy) is 2. The Morgan fingerprint density at radius 3 is 2.85 bits per heavy atom. The summed E-state index contributed by atoms with van der Waals surface area (Å²) in [7, 11) is 3.09. The second-order valence-electron chi connectivity index (χ2n) is 7.88. The molecule has 146 valence electrons. The molecule has 0 amide bonds. The van der Waals surface area contributed by atoms with E-state index in [0.717, 1.165) is 43.9 Å². The Bertz CT molecular complexity index is 735. The van der Waals surface area contributed by atoms with Crippen LogP contribution in [0.15, 0.2) is 29.3 Å². The average molecular weight is 372 g/mol. The molecule has 27 heavy (non-hydrogen) atoms. The summed E-state index contributed by atoms with van der Waals surface area (Å²) in [6.45, 7) is 1.82. The molecule has 3 aliphatic rings. The fourth-order valence-corrected chi connectivity index (χ4v) is 5.25. The lowest BCUT2D eigenvalue weighted by atomic mass is 9.65. The number of para-hydroxylation sites is 1. The predicted octanol–water partition coefficient (Wildman–Crippen LogP) is 2.69. The summed E-state index contributed by atoms with van der Waals surface area (Å²) >= 11 is 0. The highest BCUT2D eigenvalue weighted by Gasteiger charge is 2.48. The first-order valence-electron chi connectivity index (χ1n) is 9.82. The van der Waals surface area contributed by atoms with E-state index in [2.05, 4.69) is 11.0 Å². The fraction of sp³-hybridized carbons (Fsp3) is 0.619. The first kappa shape index (κ1) is 18.4. The Balaban J connectivity index is 1.70. The number of esters is 1. The van der Waals surface area contributed by atoms with Gasteiger partial charge in [0.05, 0.1) is 31.9 Å². The highest BCUT2D eigenvalue weighted by atomic mass is 16.5. The Hall–Kier alpha value is -1.92. The van der Waals surface area contributed by atoms with Gasteiger partial charge in [-0.05, 0) is 42.7 Å². The van der Waals surface area contributed by atoms with Crippen molar-refractivity contribution in [2.75, 3.05) is 27.3 Å². The molecule has 2 aliphatic heterocycles. The molecule has 1 saturated carbocycles. The monoisotopic (exact) mass is 372 g/mol. The van der Waals surface area contributed by atoms with Gasteiger partial charge in [-0.1, -0.05) is 18.2 Å². The zero-order valence-electron chi connectivity index (χ0n) is 16.0. The summed E-state index contributed by atoms with van der Waals surface area (Å²) in [6, 6.07) is 8.39. The number of aliphatic hydroxyl groups is 1. The van der Waals surface area contributed by atoms with Crippen LogP contribution in [0.3, 0.4) is 0 Å². The molecule has 0 aromatic heterocycles. The number of piperidine rings is 1. The molecule has 6 heteroatoms. The minimum Gasteiger partial charge on any atom is -0.484 e. The maximum atomic E-state index is 12.4. The maximum Gasteiger partial charge on any atom is 0.311 e. The zero-order valence-corrected chi connectivity index (χ0v) is 16.0. The van der Waals surface area contributed by atoms with Gasteiger partial charge in [0.1, 0.15) is 0 Å². The van der Waals surface area contributed by atoms with Gasteiger partial charge >= 0.3 is 5.97 Å². The third-order valence-corrected chi connectivity index (χ3v) is 6.58. The van der Waals surface area contributed by atoms with Gasteiger partial charge < -0.3 is 14.6 Å². The van der Waals surface area contributed by atoms with Crippen LogP contribution in [0.25, 0.3) is 0 Å². The highest BCUT2D eigenvalue weighted by Crippen LogP contribution is 2.48. The van der Waals surface area contributed by atoms with Gasteiger partial charge in [-0.3, -0.25) is 9.69 Å². The molecular formula is C21H28N2O4. The van der Waals surface area contributed by atoms with Crippen molar-refractivity contribution in [2.24, 2.45) is 22.7 Å². The Morgan fingerprint density at radius 2 is 2.07 bits per heavy atom. The van der Waals surface area contributed by atoms with Gasteiger partial charge in [0.25, 0.3) is 0 Å². The minimum atomic E-state index is -0.604. The molecule has 0 unspecified atom stereocenters. The molecule has 2 fully saturated rings. The van der Waals surface area contributed by atoms with E-state index in [-0.39, 0.29) is 17.9 Å². The predicted molar refractivity (Wildman–Crippen MR) is 102 cm³/mol. The van der Waals surface area contributed by atoms with Gasteiger partial charge in [-0.15, -0.1) is 0 Å². The largest absolute Gasteiger partial charge is 0.484 e. The van der Waals surface area contributed by atoms with Crippen molar-refractivity contribution in [2.45, 2.75) is 37.8 Å². The molecule has 5 atom stereocenters. The molecule has 4 rings (SSSR count). The molecule has 0 radical (unpaired) electrons. The molecular weight excluding hydrogens is 344 g/mol. The maximum absolute atomic E-state index is 12.4. The fourth-order valence-electron chi connectivity index (χ4n) is 5.25. The normalized spacial score (nSPS) is 33.4. The van der Waals surface area contributed by atoms with Crippen LogP contribution >= 0.6 is 0 Å². The molecule has 1 aromatic carbocycles. The number of hydrogen-bond acceptors (Lipinski definition) is 6. The van der Waals surface area contributed by atoms with Gasteiger partial charge in [-0.2, -0.15) is 0 Å². The van der Waals surface area contributed by atoms with E-state index in [1.165, 1.54) is 12.7 Å². The lowest BCUT2D eigenvalue weighted by molar-refractivity contribution is -0.160. The summed E-state index contributed by atoms with van der Waals surface area (Å²) in [5.74, 6) is 0.606. The molecule has 0 bridgehead atoms. The first-order chi connectivity index (χ1) is 13.1. The van der Waals surface area contributed by atoms with E-state index >= 15 is 0 Å². The lowest BCUT2D eigenvalue weighted by Gasteiger charge is -2.50. The number of carbonyl (C=O) groups is 1. The molecule has 1 N–H and O–H groups in total. The number of nitrogens with zero attached hydrogens (tertiary/aromatic N) is 2. The second kappa shape index (κ2) is 7.60. The van der Waals surface area contributed by atoms with Crippen LogP contribution in [0.2, 0.25) is 0 Å². The SMILES string of the molecule is COC(=O)[C@@H]1[C@H]2C[C@H]3c4ccccc4N=C(OC)CCN3C[C@@H]2CC[C@@H]1O. The van der Waals surface area contributed by atoms with Crippen LogP contribution in [-0.2, 0) is 14.3 Å². The van der Waals surface area contributed by atoms with Gasteiger partial charge in [0.15, 0.2) is 5.90 Å². The third-order valence-electron chi connectivity index (χ3n) is 6.58. The van der Waals surface area contributed by atoms with Crippen molar-refractivity contribution in [3.05, 3.63) is 29.8 Å². The number of benzene rings is 1. The Morgan fingerprint density at radius 1 is 1.26 bits per heavy atom. The smallest absolute Gasteiger partial charge is 0.311 e. The van der Waals surface area contributed by atoms with E-state index in [0.29, 0.717) is 12.3 Å². The molecule has 1 aromatic rings. The van der Waals surface area contributed by atoms with E-state index < -0.39 is 12.0 Å². The summed E-state index contributed by atoms with van der Waals surface area (Å²) in [5, 5.41) is 10.5. The summed E-state index contributed by atoms with van der Waals surface area (Å²) in [6.07, 6.45) is 2.64. The van der Waals surface area contributed by atoms with Crippen LogP contribution in [0.4, 0.5) is 5.69 Å². The number of hydrogen-bond donors (Lipinski definition) is 1. The van der Waals surface area contributed by atoms with Crippen LogP contribution in [0.5, 0.6) is 0 Å². The topological polar surface area (TPSA) is 71.4 Å². The van der Waals surface area contributed by atoms with Gasteiger partial charge in [0, 0.05) is 25.6 Å². The Kier molecular flexibility index (Phi) is 5.19.